The summed E-state index contributed by atoms with van der Waals surface area (Å²) >= 11 is 0. The van der Waals surface area contributed by atoms with Gasteiger partial charge in [0.2, 0.25) is 0 Å². The molecule has 4 heteroatoms. The summed E-state index contributed by atoms with van der Waals surface area (Å²) in [6.07, 6.45) is 0. The van der Waals surface area contributed by atoms with Crippen LogP contribution in [0.5, 0.6) is 0 Å². The summed E-state index contributed by atoms with van der Waals surface area (Å²) in [5, 5.41) is 0. The van der Waals surface area contributed by atoms with Crippen LogP contribution in [0, 0.1) is 0 Å². The van der Waals surface area contributed by atoms with E-state index in [1.165, 1.54) is 0 Å². The molecule has 4 nitrogen and oxygen atoms in total. The zero-order valence-corrected chi connectivity index (χ0v) is 3.85. The molecule has 1 heterocycles. The fourth-order valence-corrected chi connectivity index (χ4v) is 0.279. The van der Waals surface area contributed by atoms with Crippen molar-refractivity contribution in [1.29, 1.82) is 0 Å². The molecule has 0 atom stereocenters. The zero-order chi connectivity index (χ0) is 4.24. The van der Waals surface area contributed by atoms with Gasteiger partial charge in [-0.15, -0.1) is 0 Å². The van der Waals surface area contributed by atoms with Crippen molar-refractivity contribution in [3.8, 4) is 0 Å². The summed E-state index contributed by atoms with van der Waals surface area (Å²) < 4.78 is 13.9. The van der Waals surface area contributed by atoms with Gasteiger partial charge in [-0.25, -0.2) is 0 Å². The first kappa shape index (κ1) is 6.84. The molecule has 2 N–H and O–H groups in total. The molecule has 1 fully saturated rings. The van der Waals surface area contributed by atoms with E-state index in [1.807, 2.05) is 0 Å². The standard InChI is InChI=1S/C3H6O3.H2O/c1-4-2-6-3-5-1;/h1-3H2;1H2. The average molecular weight is 108 g/mol. The fourth-order valence-electron chi connectivity index (χ4n) is 0.279. The van der Waals surface area contributed by atoms with Crippen molar-refractivity contribution in [2.75, 3.05) is 20.4 Å². The van der Waals surface area contributed by atoms with Crippen LogP contribution in [0.15, 0.2) is 0 Å². The van der Waals surface area contributed by atoms with E-state index in [1.54, 1.807) is 0 Å². The Labute approximate surface area is 41.3 Å². The lowest BCUT2D eigenvalue weighted by Gasteiger charge is -2.10. The lowest BCUT2D eigenvalue weighted by atomic mass is 11.2. The maximum Gasteiger partial charge on any atom is 0.152 e. The van der Waals surface area contributed by atoms with Gasteiger partial charge in [-0.2, -0.15) is 0 Å². The Morgan fingerprint density at radius 1 is 0.714 bits per heavy atom. The third-order valence-corrected chi connectivity index (χ3v) is 0.500. The van der Waals surface area contributed by atoms with Crippen LogP contribution in [0.3, 0.4) is 0 Å². The van der Waals surface area contributed by atoms with Gasteiger partial charge in [0.25, 0.3) is 0 Å². The highest BCUT2D eigenvalue weighted by Crippen LogP contribution is 1.87. The second-order valence-electron chi connectivity index (χ2n) is 0.966. The molecule has 0 spiro atoms. The highest BCUT2D eigenvalue weighted by Gasteiger charge is 1.93. The SMILES string of the molecule is C1OCOCO1.O. The van der Waals surface area contributed by atoms with Gasteiger partial charge in [0.15, 0.2) is 20.4 Å². The van der Waals surface area contributed by atoms with Gasteiger partial charge in [0, 0.05) is 0 Å². The minimum Gasteiger partial charge on any atom is -0.412 e. The molecule has 0 bridgehead atoms. The Bertz CT molecular complexity index is 22.4. The van der Waals surface area contributed by atoms with Crippen molar-refractivity contribution >= 4 is 0 Å². The summed E-state index contributed by atoms with van der Waals surface area (Å²) in [6, 6.07) is 0. The lowest BCUT2D eigenvalue weighted by Crippen LogP contribution is -2.14. The molecular weight excluding hydrogens is 100 g/mol. The third-order valence-electron chi connectivity index (χ3n) is 0.500. The molecule has 0 unspecified atom stereocenters. The third kappa shape index (κ3) is 2.52. The van der Waals surface area contributed by atoms with E-state index < -0.39 is 0 Å². The smallest absolute Gasteiger partial charge is 0.152 e. The van der Waals surface area contributed by atoms with Gasteiger partial charge in [-0.05, 0) is 0 Å². The highest BCUT2D eigenvalue weighted by molar-refractivity contribution is 4.09. The molecule has 0 aromatic rings. The Kier molecular flexibility index (Phi) is 3.92. The first-order valence-corrected chi connectivity index (χ1v) is 1.73. The van der Waals surface area contributed by atoms with Crippen LogP contribution in [0.25, 0.3) is 0 Å². The van der Waals surface area contributed by atoms with Crippen LogP contribution in [-0.2, 0) is 14.2 Å². The second-order valence-corrected chi connectivity index (χ2v) is 0.966. The van der Waals surface area contributed by atoms with Crippen LogP contribution in [0.4, 0.5) is 0 Å². The number of hydrogen-bond donors (Lipinski definition) is 0. The van der Waals surface area contributed by atoms with Crippen molar-refractivity contribution in [2.45, 2.75) is 0 Å². The largest absolute Gasteiger partial charge is 0.412 e. The van der Waals surface area contributed by atoms with Crippen molar-refractivity contribution in [1.82, 2.24) is 0 Å². The number of hydrogen-bond acceptors (Lipinski definition) is 3. The van der Waals surface area contributed by atoms with E-state index in [2.05, 4.69) is 14.2 Å². The molecule has 0 aliphatic carbocycles. The Balaban J connectivity index is 0.000000360. The first-order chi connectivity index (χ1) is 3.00. The van der Waals surface area contributed by atoms with Gasteiger partial charge >= 0.3 is 0 Å². The van der Waals surface area contributed by atoms with Crippen LogP contribution >= 0.6 is 0 Å². The van der Waals surface area contributed by atoms with Crippen molar-refractivity contribution in [3.05, 3.63) is 0 Å². The fraction of sp³-hybridized carbons (Fsp3) is 1.00. The van der Waals surface area contributed by atoms with Gasteiger partial charge in [0.05, 0.1) is 0 Å². The second kappa shape index (κ2) is 4.01. The monoisotopic (exact) mass is 108 g/mol. The van der Waals surface area contributed by atoms with Crippen LogP contribution in [0.1, 0.15) is 0 Å². The summed E-state index contributed by atoms with van der Waals surface area (Å²) in [4.78, 5) is 0. The van der Waals surface area contributed by atoms with E-state index in [9.17, 15) is 0 Å². The molecule has 44 valence electrons. The molecular formula is C3H8O4. The van der Waals surface area contributed by atoms with E-state index >= 15 is 0 Å². The molecule has 7 heavy (non-hydrogen) atoms. The molecule has 0 saturated carbocycles. The van der Waals surface area contributed by atoms with Crippen molar-refractivity contribution < 1.29 is 19.7 Å². The molecule has 1 aliphatic rings. The normalized spacial score (nSPS) is 20.6. The highest BCUT2D eigenvalue weighted by atomic mass is 16.8. The molecule has 1 saturated heterocycles. The summed E-state index contributed by atoms with van der Waals surface area (Å²) in [6.45, 7) is 1.12. The van der Waals surface area contributed by atoms with Gasteiger partial charge in [-0.1, -0.05) is 0 Å². The molecule has 0 aromatic carbocycles. The van der Waals surface area contributed by atoms with E-state index in [0.29, 0.717) is 20.4 Å². The van der Waals surface area contributed by atoms with Crippen LogP contribution in [-0.4, -0.2) is 25.9 Å². The van der Waals surface area contributed by atoms with E-state index in [0.717, 1.165) is 0 Å². The minimum absolute atomic E-state index is 0. The van der Waals surface area contributed by atoms with Crippen molar-refractivity contribution in [3.63, 3.8) is 0 Å². The maximum atomic E-state index is 4.62. The summed E-state index contributed by atoms with van der Waals surface area (Å²) in [5.41, 5.74) is 0. The number of ether oxygens (including phenoxy) is 3. The predicted molar refractivity (Wildman–Crippen MR) is 21.5 cm³/mol. The average Bonchev–Trinajstić information content (AvgIpc) is 1.72. The Morgan fingerprint density at radius 3 is 1.14 bits per heavy atom. The quantitative estimate of drug-likeness (QED) is 0.404. The summed E-state index contributed by atoms with van der Waals surface area (Å²) in [5.74, 6) is 0. The van der Waals surface area contributed by atoms with Crippen molar-refractivity contribution in [2.24, 2.45) is 0 Å². The topological polar surface area (TPSA) is 59.2 Å². The lowest BCUT2D eigenvalue weighted by molar-refractivity contribution is -0.247. The molecule has 0 aromatic heterocycles. The molecule has 1 aliphatic heterocycles. The van der Waals surface area contributed by atoms with Gasteiger partial charge in [0.1, 0.15) is 0 Å². The van der Waals surface area contributed by atoms with Crippen LogP contribution in [0.2, 0.25) is 0 Å². The number of rotatable bonds is 0. The molecule has 1 rings (SSSR count). The van der Waals surface area contributed by atoms with E-state index in [4.69, 9.17) is 0 Å². The summed E-state index contributed by atoms with van der Waals surface area (Å²) in [7, 11) is 0. The minimum atomic E-state index is 0. The predicted octanol–water partition coefficient (Wildman–Crippen LogP) is -0.902. The Hall–Kier alpha value is -0.160. The maximum absolute atomic E-state index is 4.62. The van der Waals surface area contributed by atoms with Gasteiger partial charge < -0.3 is 19.7 Å². The molecule has 0 radical (unpaired) electrons. The zero-order valence-electron chi connectivity index (χ0n) is 3.85. The first-order valence-electron chi connectivity index (χ1n) is 1.73. The van der Waals surface area contributed by atoms with E-state index in [-0.39, 0.29) is 5.48 Å². The molecule has 0 amide bonds. The van der Waals surface area contributed by atoms with Crippen LogP contribution < -0.4 is 0 Å². The Morgan fingerprint density at radius 2 is 1.00 bits per heavy atom. The van der Waals surface area contributed by atoms with Gasteiger partial charge in [-0.3, -0.25) is 0 Å².